The van der Waals surface area contributed by atoms with Crippen LogP contribution in [-0.4, -0.2) is 67.1 Å². The van der Waals surface area contributed by atoms with Gasteiger partial charge in [0, 0.05) is 12.5 Å². The monoisotopic (exact) mass is 321 g/mol. The molecule has 1 aromatic carbocycles. The number of ether oxygens (including phenoxy) is 1. The Labute approximate surface area is 136 Å². The van der Waals surface area contributed by atoms with Crippen molar-refractivity contribution in [2.45, 2.75) is 20.0 Å². The number of piperazine rings is 1. The molecule has 2 rings (SSSR count). The molecule has 1 atom stereocenters. The summed E-state index contributed by atoms with van der Waals surface area (Å²) in [5.74, 6) is 0.690. The van der Waals surface area contributed by atoms with Gasteiger partial charge in [-0.05, 0) is 19.1 Å². The average molecular weight is 321 g/mol. The highest BCUT2D eigenvalue weighted by Gasteiger charge is 2.23. The molecule has 1 amide bonds. The molecule has 1 fully saturated rings. The van der Waals surface area contributed by atoms with E-state index in [0.717, 1.165) is 26.2 Å². The maximum absolute atomic E-state index is 11.3. The summed E-state index contributed by atoms with van der Waals surface area (Å²) in [6.45, 7) is 7.05. The minimum absolute atomic E-state index is 0.0104. The van der Waals surface area contributed by atoms with Crippen molar-refractivity contribution in [2.75, 3.05) is 39.3 Å². The van der Waals surface area contributed by atoms with Gasteiger partial charge in [0.05, 0.1) is 26.2 Å². The summed E-state index contributed by atoms with van der Waals surface area (Å²) in [5, 5.41) is 10.1. The number of quaternary nitrogens is 1. The van der Waals surface area contributed by atoms with Gasteiger partial charge in [0.15, 0.2) is 5.78 Å². The number of carbonyl (C=O) groups excluding carboxylic acids is 2. The van der Waals surface area contributed by atoms with Gasteiger partial charge in [-0.15, -0.1) is 0 Å². The number of ketones is 1. The van der Waals surface area contributed by atoms with Crippen molar-refractivity contribution in [3.8, 4) is 5.75 Å². The van der Waals surface area contributed by atoms with Gasteiger partial charge >= 0.3 is 0 Å². The molecule has 1 saturated heterocycles. The first-order chi connectivity index (χ1) is 11.0. The Bertz CT molecular complexity index is 553. The number of nitrogens with one attached hydrogen (secondary N) is 1. The zero-order valence-corrected chi connectivity index (χ0v) is 13.7. The number of nitrogens with zero attached hydrogens (tertiary/aromatic N) is 1. The van der Waals surface area contributed by atoms with Crippen molar-refractivity contribution in [3.63, 3.8) is 0 Å². The summed E-state index contributed by atoms with van der Waals surface area (Å²) in [7, 11) is 0. The zero-order chi connectivity index (χ0) is 16.8. The van der Waals surface area contributed by atoms with Crippen LogP contribution in [0.5, 0.6) is 5.75 Å². The number of Topliss-reactive ketones (excluding diaryl/α,β-unsaturated/α-hetero) is 1. The topological polar surface area (TPSA) is 71.3 Å². The van der Waals surface area contributed by atoms with E-state index in [1.165, 1.54) is 11.8 Å². The second kappa shape index (κ2) is 8.08. The van der Waals surface area contributed by atoms with E-state index < -0.39 is 6.10 Å². The average Bonchev–Trinajstić information content (AvgIpc) is 2.53. The van der Waals surface area contributed by atoms with Gasteiger partial charge in [0.1, 0.15) is 25.0 Å². The van der Waals surface area contributed by atoms with Crippen LogP contribution < -0.4 is 9.64 Å². The minimum atomic E-state index is -0.574. The van der Waals surface area contributed by atoms with E-state index in [9.17, 15) is 14.7 Å². The Morgan fingerprint density at radius 2 is 2.00 bits per heavy atom. The third-order valence-electron chi connectivity index (χ3n) is 4.12. The van der Waals surface area contributed by atoms with Crippen molar-refractivity contribution < 1.29 is 24.3 Å². The molecule has 0 radical (unpaired) electrons. The molecule has 0 spiro atoms. The first-order valence-electron chi connectivity index (χ1n) is 7.96. The van der Waals surface area contributed by atoms with Gasteiger partial charge < -0.3 is 19.6 Å². The van der Waals surface area contributed by atoms with Gasteiger partial charge in [-0.3, -0.25) is 9.59 Å². The smallest absolute Gasteiger partial charge is 0.219 e. The Kier molecular flexibility index (Phi) is 6.12. The van der Waals surface area contributed by atoms with Gasteiger partial charge in [-0.2, -0.15) is 0 Å². The van der Waals surface area contributed by atoms with Crippen LogP contribution >= 0.6 is 0 Å². The lowest BCUT2D eigenvalue weighted by atomic mass is 10.1. The number of rotatable bonds is 6. The summed E-state index contributed by atoms with van der Waals surface area (Å²) < 4.78 is 5.58. The lowest BCUT2D eigenvalue weighted by Gasteiger charge is -2.32. The summed E-state index contributed by atoms with van der Waals surface area (Å²) >= 11 is 0. The second-order valence-electron chi connectivity index (χ2n) is 6.01. The Hall–Kier alpha value is -1.92. The third kappa shape index (κ3) is 5.33. The fourth-order valence-electron chi connectivity index (χ4n) is 2.73. The van der Waals surface area contributed by atoms with E-state index in [-0.39, 0.29) is 18.3 Å². The van der Waals surface area contributed by atoms with Crippen LogP contribution in [0.3, 0.4) is 0 Å². The first-order valence-corrected chi connectivity index (χ1v) is 7.96. The first kappa shape index (κ1) is 17.4. The molecule has 126 valence electrons. The van der Waals surface area contributed by atoms with E-state index in [4.69, 9.17) is 4.74 Å². The Balaban J connectivity index is 1.75. The predicted molar refractivity (Wildman–Crippen MR) is 85.8 cm³/mol. The molecule has 1 heterocycles. The largest absolute Gasteiger partial charge is 0.491 e. The van der Waals surface area contributed by atoms with Crippen molar-refractivity contribution >= 4 is 11.7 Å². The normalized spacial score (nSPS) is 16.9. The molecule has 0 saturated carbocycles. The maximum Gasteiger partial charge on any atom is 0.219 e. The standard InChI is InChI=1S/C17H24N2O4/c1-13(20)15-4-3-5-17(10-15)23-12-16(22)11-18-6-8-19(9-7-18)14(2)21/h3-5,10,16,22H,6-9,11-12H2,1-2H3/p+1/t16-/m1/s1. The van der Waals surface area contributed by atoms with E-state index in [1.807, 2.05) is 4.90 Å². The van der Waals surface area contributed by atoms with Crippen LogP contribution in [0.4, 0.5) is 0 Å². The highest BCUT2D eigenvalue weighted by Crippen LogP contribution is 2.13. The third-order valence-corrected chi connectivity index (χ3v) is 4.12. The van der Waals surface area contributed by atoms with E-state index in [0.29, 0.717) is 17.9 Å². The SMILES string of the molecule is CC(=O)c1cccc(OC[C@H](O)C[NH+]2CCN(C(C)=O)CC2)c1. The molecule has 1 aromatic rings. The van der Waals surface area contributed by atoms with Gasteiger partial charge in [0.2, 0.25) is 5.91 Å². The highest BCUT2D eigenvalue weighted by molar-refractivity contribution is 5.94. The van der Waals surface area contributed by atoms with Crippen molar-refractivity contribution in [1.29, 1.82) is 0 Å². The molecule has 0 aliphatic carbocycles. The van der Waals surface area contributed by atoms with Crippen LogP contribution in [0.25, 0.3) is 0 Å². The highest BCUT2D eigenvalue weighted by atomic mass is 16.5. The number of carbonyl (C=O) groups is 2. The predicted octanol–water partition coefficient (Wildman–Crippen LogP) is -0.624. The number of hydrogen-bond donors (Lipinski definition) is 2. The summed E-state index contributed by atoms with van der Waals surface area (Å²) in [6, 6.07) is 6.97. The summed E-state index contributed by atoms with van der Waals surface area (Å²) in [6.07, 6.45) is -0.574. The molecule has 0 bridgehead atoms. The van der Waals surface area contributed by atoms with Gasteiger partial charge in [0.25, 0.3) is 0 Å². The Morgan fingerprint density at radius 1 is 1.30 bits per heavy atom. The number of benzene rings is 1. The van der Waals surface area contributed by atoms with Crippen LogP contribution in [0.2, 0.25) is 0 Å². The molecule has 1 aliphatic heterocycles. The van der Waals surface area contributed by atoms with E-state index in [1.54, 1.807) is 31.2 Å². The number of aliphatic hydroxyl groups is 1. The van der Waals surface area contributed by atoms with Crippen molar-refractivity contribution in [3.05, 3.63) is 29.8 Å². The zero-order valence-electron chi connectivity index (χ0n) is 13.7. The van der Waals surface area contributed by atoms with Crippen molar-refractivity contribution in [2.24, 2.45) is 0 Å². The lowest BCUT2D eigenvalue weighted by molar-refractivity contribution is -0.907. The molecule has 0 unspecified atom stereocenters. The molecule has 6 heteroatoms. The minimum Gasteiger partial charge on any atom is -0.491 e. The number of aliphatic hydroxyl groups excluding tert-OH is 1. The molecular formula is C17H25N2O4+. The van der Waals surface area contributed by atoms with Gasteiger partial charge in [-0.1, -0.05) is 12.1 Å². The lowest BCUT2D eigenvalue weighted by Crippen LogP contribution is -3.15. The maximum atomic E-state index is 11.3. The van der Waals surface area contributed by atoms with Crippen LogP contribution in [0, 0.1) is 0 Å². The van der Waals surface area contributed by atoms with E-state index in [2.05, 4.69) is 0 Å². The summed E-state index contributed by atoms with van der Waals surface area (Å²) in [4.78, 5) is 25.7. The fraction of sp³-hybridized carbons (Fsp3) is 0.529. The summed E-state index contributed by atoms with van der Waals surface area (Å²) in [5.41, 5.74) is 0.600. The molecule has 0 aromatic heterocycles. The number of hydrogen-bond acceptors (Lipinski definition) is 4. The fourth-order valence-corrected chi connectivity index (χ4v) is 2.73. The van der Waals surface area contributed by atoms with Crippen LogP contribution in [0.1, 0.15) is 24.2 Å². The molecular weight excluding hydrogens is 296 g/mol. The molecule has 23 heavy (non-hydrogen) atoms. The quantitative estimate of drug-likeness (QED) is 0.685. The van der Waals surface area contributed by atoms with E-state index >= 15 is 0 Å². The van der Waals surface area contributed by atoms with Crippen molar-refractivity contribution in [1.82, 2.24) is 4.90 Å². The second-order valence-corrected chi connectivity index (χ2v) is 6.01. The van der Waals surface area contributed by atoms with Gasteiger partial charge in [-0.25, -0.2) is 0 Å². The van der Waals surface area contributed by atoms with Crippen LogP contribution in [-0.2, 0) is 4.79 Å². The number of amides is 1. The molecule has 1 aliphatic rings. The molecule has 6 nitrogen and oxygen atoms in total. The Morgan fingerprint density at radius 3 is 2.61 bits per heavy atom. The molecule has 2 N–H and O–H groups in total. The van der Waals surface area contributed by atoms with Crippen LogP contribution in [0.15, 0.2) is 24.3 Å².